The summed E-state index contributed by atoms with van der Waals surface area (Å²) in [4.78, 5) is 31.9. The number of amides is 1. The van der Waals surface area contributed by atoms with Gasteiger partial charge in [-0.15, -0.1) is 11.8 Å². The Morgan fingerprint density at radius 2 is 1.85 bits per heavy atom. The second-order valence-corrected chi connectivity index (χ2v) is 7.55. The monoisotopic (exact) mass is 380 g/mol. The van der Waals surface area contributed by atoms with Gasteiger partial charge in [-0.2, -0.15) is 0 Å². The molecule has 0 radical (unpaired) electrons. The van der Waals surface area contributed by atoms with Crippen LogP contribution in [0, 0.1) is 6.92 Å². The molecule has 3 aromatic rings. The van der Waals surface area contributed by atoms with Gasteiger partial charge in [-0.05, 0) is 31.2 Å². The lowest BCUT2D eigenvalue weighted by Gasteiger charge is -2.23. The third-order valence-electron chi connectivity index (χ3n) is 4.87. The van der Waals surface area contributed by atoms with Gasteiger partial charge in [0.25, 0.3) is 5.56 Å². The smallest absolute Gasteiger partial charge is 0.277 e. The Bertz CT molecular complexity index is 1030. The van der Waals surface area contributed by atoms with E-state index in [4.69, 9.17) is 0 Å². The molecule has 7 heteroatoms. The van der Waals surface area contributed by atoms with Crippen LogP contribution in [0.25, 0.3) is 5.69 Å². The molecule has 1 unspecified atom stereocenters. The Morgan fingerprint density at radius 1 is 1.11 bits per heavy atom. The molecular formula is C20H20N4O2S. The van der Waals surface area contributed by atoms with E-state index in [1.165, 1.54) is 11.8 Å². The van der Waals surface area contributed by atoms with Crippen molar-refractivity contribution in [1.29, 1.82) is 0 Å². The molecule has 2 aromatic heterocycles. The standard InChI is InChI=1S/C20H20N4O2S/c1-14-18(19(26)24(22(14)2)16-9-4-3-5-10-16)20-23(17(25)13-27-20)12-15-8-6-7-11-21-15/h3-11,20H,12-13H2,1-2H3. The molecule has 0 spiro atoms. The summed E-state index contributed by atoms with van der Waals surface area (Å²) in [5.74, 6) is 0.404. The lowest BCUT2D eigenvalue weighted by Crippen LogP contribution is -2.31. The quantitative estimate of drug-likeness (QED) is 0.698. The van der Waals surface area contributed by atoms with Gasteiger partial charge in [0.1, 0.15) is 5.37 Å². The molecule has 27 heavy (non-hydrogen) atoms. The zero-order valence-electron chi connectivity index (χ0n) is 15.2. The molecule has 1 aliphatic rings. The van der Waals surface area contributed by atoms with Crippen molar-refractivity contribution in [3.05, 3.63) is 82.0 Å². The number of hydrogen-bond acceptors (Lipinski definition) is 4. The SMILES string of the molecule is Cc1c(C2SCC(=O)N2Cc2ccccn2)c(=O)n(-c2ccccc2)n1C. The van der Waals surface area contributed by atoms with Crippen molar-refractivity contribution >= 4 is 17.7 Å². The Balaban J connectivity index is 1.76. The van der Waals surface area contributed by atoms with Crippen molar-refractivity contribution in [3.63, 3.8) is 0 Å². The first-order valence-electron chi connectivity index (χ1n) is 8.73. The number of carbonyl (C=O) groups excluding carboxylic acids is 1. The van der Waals surface area contributed by atoms with Crippen LogP contribution in [0.1, 0.15) is 22.3 Å². The Hall–Kier alpha value is -2.80. The molecule has 1 aliphatic heterocycles. The van der Waals surface area contributed by atoms with E-state index in [0.29, 0.717) is 17.9 Å². The largest absolute Gasteiger partial charge is 0.320 e. The summed E-state index contributed by atoms with van der Waals surface area (Å²) < 4.78 is 3.52. The number of aromatic nitrogens is 3. The summed E-state index contributed by atoms with van der Waals surface area (Å²) >= 11 is 1.50. The summed E-state index contributed by atoms with van der Waals surface area (Å²) in [6, 6.07) is 15.2. The van der Waals surface area contributed by atoms with E-state index in [9.17, 15) is 9.59 Å². The molecule has 1 fully saturated rings. The number of thioether (sulfide) groups is 1. The first-order chi connectivity index (χ1) is 13.1. The van der Waals surface area contributed by atoms with Gasteiger partial charge in [-0.1, -0.05) is 24.3 Å². The van der Waals surface area contributed by atoms with Crippen LogP contribution in [-0.2, 0) is 18.4 Å². The normalized spacial score (nSPS) is 16.9. The fourth-order valence-electron chi connectivity index (χ4n) is 3.40. The van der Waals surface area contributed by atoms with Gasteiger partial charge in [0.2, 0.25) is 5.91 Å². The summed E-state index contributed by atoms with van der Waals surface area (Å²) in [5, 5.41) is -0.303. The molecule has 1 amide bonds. The van der Waals surface area contributed by atoms with Crippen LogP contribution in [0.15, 0.2) is 59.5 Å². The lowest BCUT2D eigenvalue weighted by molar-refractivity contribution is -0.128. The van der Waals surface area contributed by atoms with Crippen molar-refractivity contribution in [3.8, 4) is 5.69 Å². The lowest BCUT2D eigenvalue weighted by atomic mass is 10.2. The van der Waals surface area contributed by atoms with Crippen LogP contribution in [0.5, 0.6) is 0 Å². The van der Waals surface area contributed by atoms with E-state index in [1.54, 1.807) is 15.8 Å². The number of para-hydroxylation sites is 1. The zero-order valence-corrected chi connectivity index (χ0v) is 16.0. The summed E-state index contributed by atoms with van der Waals surface area (Å²) in [7, 11) is 1.87. The number of nitrogens with zero attached hydrogens (tertiary/aromatic N) is 4. The van der Waals surface area contributed by atoms with Crippen LogP contribution in [0.2, 0.25) is 0 Å². The van der Waals surface area contributed by atoms with Crippen molar-refractivity contribution in [1.82, 2.24) is 19.2 Å². The molecule has 4 rings (SSSR count). The van der Waals surface area contributed by atoms with Gasteiger partial charge in [-0.25, -0.2) is 4.68 Å². The minimum absolute atomic E-state index is 0.0320. The summed E-state index contributed by atoms with van der Waals surface area (Å²) in [5.41, 5.74) is 3.06. The third-order valence-corrected chi connectivity index (χ3v) is 6.09. The molecule has 1 atom stereocenters. The molecule has 0 aliphatic carbocycles. The van der Waals surface area contributed by atoms with Crippen molar-refractivity contribution in [2.24, 2.45) is 7.05 Å². The summed E-state index contributed by atoms with van der Waals surface area (Å²) in [6.07, 6.45) is 1.72. The Morgan fingerprint density at radius 3 is 2.56 bits per heavy atom. The minimum Gasteiger partial charge on any atom is -0.320 e. The van der Waals surface area contributed by atoms with E-state index < -0.39 is 0 Å². The first kappa shape index (κ1) is 17.6. The molecule has 3 heterocycles. The van der Waals surface area contributed by atoms with Crippen LogP contribution < -0.4 is 5.56 Å². The second kappa shape index (κ2) is 7.08. The Labute approximate surface area is 161 Å². The number of pyridine rings is 1. The number of benzene rings is 1. The maximum absolute atomic E-state index is 13.3. The molecular weight excluding hydrogens is 360 g/mol. The maximum atomic E-state index is 13.3. The van der Waals surface area contributed by atoms with Gasteiger partial charge in [-0.3, -0.25) is 19.3 Å². The van der Waals surface area contributed by atoms with Crippen LogP contribution in [0.3, 0.4) is 0 Å². The highest BCUT2D eigenvalue weighted by atomic mass is 32.2. The van der Waals surface area contributed by atoms with Gasteiger partial charge >= 0.3 is 0 Å². The predicted molar refractivity (Wildman–Crippen MR) is 106 cm³/mol. The van der Waals surface area contributed by atoms with E-state index in [2.05, 4.69) is 4.98 Å². The van der Waals surface area contributed by atoms with E-state index in [0.717, 1.165) is 17.1 Å². The average Bonchev–Trinajstić information content (AvgIpc) is 3.14. The molecule has 0 saturated carbocycles. The van der Waals surface area contributed by atoms with Crippen LogP contribution in [0.4, 0.5) is 0 Å². The second-order valence-electron chi connectivity index (χ2n) is 6.48. The van der Waals surface area contributed by atoms with Crippen LogP contribution >= 0.6 is 11.8 Å². The highest BCUT2D eigenvalue weighted by Crippen LogP contribution is 2.39. The predicted octanol–water partition coefficient (Wildman–Crippen LogP) is 2.65. The van der Waals surface area contributed by atoms with E-state index in [-0.39, 0.29) is 16.8 Å². The third kappa shape index (κ3) is 3.08. The molecule has 0 bridgehead atoms. The van der Waals surface area contributed by atoms with Gasteiger partial charge < -0.3 is 4.90 Å². The number of hydrogen-bond donors (Lipinski definition) is 0. The minimum atomic E-state index is -0.303. The van der Waals surface area contributed by atoms with Crippen molar-refractivity contribution < 1.29 is 4.79 Å². The molecule has 0 N–H and O–H groups in total. The van der Waals surface area contributed by atoms with Crippen molar-refractivity contribution in [2.45, 2.75) is 18.8 Å². The fourth-order valence-corrected chi connectivity index (χ4v) is 4.68. The maximum Gasteiger partial charge on any atom is 0.277 e. The number of rotatable bonds is 4. The van der Waals surface area contributed by atoms with Crippen LogP contribution in [-0.4, -0.2) is 30.9 Å². The van der Waals surface area contributed by atoms with Gasteiger partial charge in [0.05, 0.1) is 29.2 Å². The van der Waals surface area contributed by atoms with Gasteiger partial charge in [0.15, 0.2) is 0 Å². The highest BCUT2D eigenvalue weighted by molar-refractivity contribution is 8.00. The number of carbonyl (C=O) groups is 1. The molecule has 1 aromatic carbocycles. The molecule has 1 saturated heterocycles. The Kier molecular flexibility index (Phi) is 4.61. The molecule has 6 nitrogen and oxygen atoms in total. The van der Waals surface area contributed by atoms with Crippen molar-refractivity contribution in [2.75, 3.05) is 5.75 Å². The summed E-state index contributed by atoms with van der Waals surface area (Å²) in [6.45, 7) is 2.33. The highest BCUT2D eigenvalue weighted by Gasteiger charge is 2.37. The zero-order chi connectivity index (χ0) is 19.0. The average molecular weight is 380 g/mol. The van der Waals surface area contributed by atoms with Gasteiger partial charge in [0, 0.05) is 18.9 Å². The van der Waals surface area contributed by atoms with E-state index in [1.807, 2.05) is 67.2 Å². The molecule has 138 valence electrons. The topological polar surface area (TPSA) is 60.1 Å². The fraction of sp³-hybridized carbons (Fsp3) is 0.250. The first-order valence-corrected chi connectivity index (χ1v) is 9.77. The van der Waals surface area contributed by atoms with E-state index >= 15 is 0 Å².